The molecule has 0 aliphatic heterocycles. The largest absolute Gasteiger partial charge is 0.478 e. The Morgan fingerprint density at radius 3 is 2.09 bits per heavy atom. The normalized spacial score (nSPS) is 12.0. The van der Waals surface area contributed by atoms with Crippen LogP contribution >= 0.6 is 0 Å². The molecule has 0 bridgehead atoms. The van der Waals surface area contributed by atoms with Gasteiger partial charge in [0.1, 0.15) is 6.10 Å². The number of aromatic carboxylic acids is 2. The van der Waals surface area contributed by atoms with Gasteiger partial charge in [-0.3, -0.25) is 0 Å². The van der Waals surface area contributed by atoms with Crippen LogP contribution in [0.5, 0.6) is 0 Å². The van der Waals surface area contributed by atoms with Crippen molar-refractivity contribution < 1.29 is 24.9 Å². The molecule has 0 radical (unpaired) electrons. The Morgan fingerprint density at radius 2 is 1.55 bits per heavy atom. The highest BCUT2D eigenvalue weighted by Gasteiger charge is 2.20. The summed E-state index contributed by atoms with van der Waals surface area (Å²) in [6, 6.07) is 9.39. The molecule has 5 heteroatoms. The van der Waals surface area contributed by atoms with Crippen molar-refractivity contribution >= 4 is 11.9 Å². The molecule has 0 heterocycles. The van der Waals surface area contributed by atoms with Crippen LogP contribution < -0.4 is 0 Å². The molecule has 0 saturated carbocycles. The summed E-state index contributed by atoms with van der Waals surface area (Å²) in [6.07, 6.45) is -1.01. The average molecular weight is 300 g/mol. The third kappa shape index (κ3) is 2.99. The maximum absolute atomic E-state index is 11.2. The van der Waals surface area contributed by atoms with Gasteiger partial charge in [0, 0.05) is 0 Å². The molecular formula is C17H16O5. The third-order valence-corrected chi connectivity index (χ3v) is 3.54. The van der Waals surface area contributed by atoms with Crippen LogP contribution in [0, 0.1) is 13.8 Å². The van der Waals surface area contributed by atoms with Gasteiger partial charge in [0.05, 0.1) is 11.1 Å². The van der Waals surface area contributed by atoms with Gasteiger partial charge in [0.25, 0.3) is 0 Å². The van der Waals surface area contributed by atoms with Gasteiger partial charge in [-0.05, 0) is 42.7 Å². The number of aliphatic hydroxyl groups excluding tert-OH is 1. The van der Waals surface area contributed by atoms with E-state index in [1.165, 1.54) is 18.2 Å². The fourth-order valence-electron chi connectivity index (χ4n) is 2.41. The highest BCUT2D eigenvalue weighted by Crippen LogP contribution is 2.27. The molecule has 3 N–H and O–H groups in total. The van der Waals surface area contributed by atoms with Crippen molar-refractivity contribution in [3.05, 3.63) is 69.8 Å². The molecule has 2 rings (SSSR count). The number of carbonyl (C=O) groups is 2. The van der Waals surface area contributed by atoms with Crippen molar-refractivity contribution in [3.63, 3.8) is 0 Å². The maximum Gasteiger partial charge on any atom is 0.336 e. The molecule has 0 aliphatic rings. The number of carboxylic acids is 2. The van der Waals surface area contributed by atoms with E-state index < -0.39 is 18.0 Å². The number of hydrogen-bond donors (Lipinski definition) is 3. The zero-order chi connectivity index (χ0) is 16.4. The van der Waals surface area contributed by atoms with Crippen LogP contribution in [0.4, 0.5) is 0 Å². The Kier molecular flexibility index (Phi) is 4.28. The maximum atomic E-state index is 11.2. The van der Waals surface area contributed by atoms with Crippen LogP contribution in [0.1, 0.15) is 49.1 Å². The van der Waals surface area contributed by atoms with Crippen molar-refractivity contribution in [2.24, 2.45) is 0 Å². The zero-order valence-electron chi connectivity index (χ0n) is 12.2. The quantitative estimate of drug-likeness (QED) is 0.807. The minimum atomic E-state index is -1.34. The predicted molar refractivity (Wildman–Crippen MR) is 80.3 cm³/mol. The second-order valence-corrected chi connectivity index (χ2v) is 5.18. The van der Waals surface area contributed by atoms with Crippen molar-refractivity contribution in [2.45, 2.75) is 20.0 Å². The number of aliphatic hydroxyl groups is 1. The van der Waals surface area contributed by atoms with Crippen LogP contribution in [0.2, 0.25) is 0 Å². The molecule has 5 nitrogen and oxygen atoms in total. The van der Waals surface area contributed by atoms with Gasteiger partial charge in [-0.15, -0.1) is 0 Å². The molecule has 1 atom stereocenters. The first-order chi connectivity index (χ1) is 10.3. The number of hydrogen-bond acceptors (Lipinski definition) is 3. The number of aryl methyl sites for hydroxylation is 2. The summed E-state index contributed by atoms with van der Waals surface area (Å²) >= 11 is 0. The number of rotatable bonds is 4. The molecule has 0 aromatic heterocycles. The number of benzene rings is 2. The Balaban J connectivity index is 2.50. The van der Waals surface area contributed by atoms with Crippen LogP contribution in [0.15, 0.2) is 36.4 Å². The monoisotopic (exact) mass is 300 g/mol. The predicted octanol–water partition coefficient (Wildman–Crippen LogP) is 2.78. The molecule has 22 heavy (non-hydrogen) atoms. The van der Waals surface area contributed by atoms with Gasteiger partial charge in [0.2, 0.25) is 0 Å². The Morgan fingerprint density at radius 1 is 0.909 bits per heavy atom. The van der Waals surface area contributed by atoms with Crippen LogP contribution in [0.3, 0.4) is 0 Å². The van der Waals surface area contributed by atoms with Gasteiger partial charge in [-0.2, -0.15) is 0 Å². The second-order valence-electron chi connectivity index (χ2n) is 5.18. The molecule has 0 spiro atoms. The third-order valence-electron chi connectivity index (χ3n) is 3.54. The first-order valence-electron chi connectivity index (χ1n) is 6.67. The molecule has 114 valence electrons. The molecule has 0 amide bonds. The van der Waals surface area contributed by atoms with E-state index in [0.29, 0.717) is 11.1 Å². The van der Waals surface area contributed by atoms with Crippen LogP contribution in [-0.2, 0) is 0 Å². The minimum absolute atomic E-state index is 0.302. The van der Waals surface area contributed by atoms with E-state index in [9.17, 15) is 14.7 Å². The first-order valence-corrected chi connectivity index (χ1v) is 6.67. The summed E-state index contributed by atoms with van der Waals surface area (Å²) in [4.78, 5) is 22.2. The summed E-state index contributed by atoms with van der Waals surface area (Å²) in [6.45, 7) is 3.79. The molecule has 0 fully saturated rings. The average Bonchev–Trinajstić information content (AvgIpc) is 2.45. The van der Waals surface area contributed by atoms with E-state index in [4.69, 9.17) is 10.2 Å². The second kappa shape index (κ2) is 5.99. The summed E-state index contributed by atoms with van der Waals surface area (Å²) < 4.78 is 0. The zero-order valence-corrected chi connectivity index (χ0v) is 12.2. The standard InChI is InChI=1S/C17H16O5/c1-9-3-5-12(10(2)7-9)15(18)11-4-6-13(16(19)20)14(8-11)17(21)22/h3-8,15,18H,1-2H3,(H,19,20)(H,21,22). The summed E-state index contributed by atoms with van der Waals surface area (Å²) in [7, 11) is 0. The SMILES string of the molecule is Cc1ccc(C(O)c2ccc(C(=O)O)c(C(=O)O)c2)c(C)c1. The van der Waals surface area contributed by atoms with E-state index in [1.807, 2.05) is 26.0 Å². The van der Waals surface area contributed by atoms with Gasteiger partial charge in [0.15, 0.2) is 0 Å². The molecule has 2 aromatic rings. The van der Waals surface area contributed by atoms with Crippen molar-refractivity contribution in [1.29, 1.82) is 0 Å². The topological polar surface area (TPSA) is 94.8 Å². The van der Waals surface area contributed by atoms with Crippen molar-refractivity contribution in [1.82, 2.24) is 0 Å². The van der Waals surface area contributed by atoms with E-state index in [2.05, 4.69) is 0 Å². The Labute approximate surface area is 127 Å². The minimum Gasteiger partial charge on any atom is -0.478 e. The van der Waals surface area contributed by atoms with Crippen LogP contribution in [0.25, 0.3) is 0 Å². The van der Waals surface area contributed by atoms with Crippen molar-refractivity contribution in [2.75, 3.05) is 0 Å². The fraction of sp³-hybridized carbons (Fsp3) is 0.176. The lowest BCUT2D eigenvalue weighted by Gasteiger charge is -2.16. The highest BCUT2D eigenvalue weighted by atomic mass is 16.4. The Hall–Kier alpha value is -2.66. The number of carboxylic acid groups (broad SMARTS) is 2. The van der Waals surface area contributed by atoms with E-state index in [0.717, 1.165) is 11.1 Å². The highest BCUT2D eigenvalue weighted by molar-refractivity contribution is 6.01. The molecule has 2 aromatic carbocycles. The van der Waals surface area contributed by atoms with Gasteiger partial charge >= 0.3 is 11.9 Å². The van der Waals surface area contributed by atoms with E-state index in [1.54, 1.807) is 6.07 Å². The smallest absolute Gasteiger partial charge is 0.336 e. The first kappa shape index (κ1) is 15.7. The van der Waals surface area contributed by atoms with Crippen molar-refractivity contribution in [3.8, 4) is 0 Å². The molecular weight excluding hydrogens is 284 g/mol. The molecule has 1 unspecified atom stereocenters. The lowest BCUT2D eigenvalue weighted by molar-refractivity contribution is 0.0651. The lowest BCUT2D eigenvalue weighted by Crippen LogP contribution is -2.10. The molecule has 0 saturated heterocycles. The fourth-order valence-corrected chi connectivity index (χ4v) is 2.41. The van der Waals surface area contributed by atoms with E-state index >= 15 is 0 Å². The summed E-state index contributed by atoms with van der Waals surface area (Å²) in [5.74, 6) is -2.66. The van der Waals surface area contributed by atoms with Gasteiger partial charge in [-0.25, -0.2) is 9.59 Å². The summed E-state index contributed by atoms with van der Waals surface area (Å²) in [5.41, 5.74) is 2.30. The Bertz CT molecular complexity index is 749. The van der Waals surface area contributed by atoms with Crippen LogP contribution in [-0.4, -0.2) is 27.3 Å². The summed E-state index contributed by atoms with van der Waals surface area (Å²) in [5, 5.41) is 28.6. The lowest BCUT2D eigenvalue weighted by atomic mass is 9.93. The molecule has 0 aliphatic carbocycles. The van der Waals surface area contributed by atoms with E-state index in [-0.39, 0.29) is 11.1 Å². The van der Waals surface area contributed by atoms with Gasteiger partial charge in [-0.1, -0.05) is 29.8 Å². The van der Waals surface area contributed by atoms with Gasteiger partial charge < -0.3 is 15.3 Å².